The first-order valence-electron chi connectivity index (χ1n) is 9.67. The van der Waals surface area contributed by atoms with Gasteiger partial charge in [-0.3, -0.25) is 9.69 Å². The van der Waals surface area contributed by atoms with E-state index in [-0.39, 0.29) is 5.91 Å². The van der Waals surface area contributed by atoms with Crippen LogP contribution in [0.1, 0.15) is 34.8 Å². The van der Waals surface area contributed by atoms with Crippen molar-refractivity contribution in [1.29, 1.82) is 0 Å². The zero-order valence-electron chi connectivity index (χ0n) is 16.0. The molecule has 0 spiro atoms. The number of rotatable bonds is 6. The van der Waals surface area contributed by atoms with Crippen LogP contribution in [0.3, 0.4) is 0 Å². The first kappa shape index (κ1) is 18.3. The van der Waals surface area contributed by atoms with Crippen molar-refractivity contribution in [3.8, 4) is 5.69 Å². The highest BCUT2D eigenvalue weighted by Crippen LogP contribution is 2.21. The summed E-state index contributed by atoms with van der Waals surface area (Å²) in [5, 5.41) is 14.3. The molecule has 1 aliphatic heterocycles. The van der Waals surface area contributed by atoms with Crippen LogP contribution in [-0.2, 0) is 13.0 Å². The Balaban J connectivity index is 1.43. The average Bonchev–Trinajstić information content (AvgIpc) is 3.29. The molecule has 1 N–H and O–H groups in total. The molecule has 0 bridgehead atoms. The maximum absolute atomic E-state index is 12.9. The van der Waals surface area contributed by atoms with Crippen LogP contribution in [0.15, 0.2) is 54.9 Å². The number of fused-ring (bicyclic) bond motifs is 1. The molecule has 7 heteroatoms. The fourth-order valence-corrected chi connectivity index (χ4v) is 3.80. The molecule has 1 atom stereocenters. The summed E-state index contributed by atoms with van der Waals surface area (Å²) in [5.74, 6) is -0.109. The average molecular weight is 376 g/mol. The molecule has 1 unspecified atom stereocenters. The van der Waals surface area contributed by atoms with Crippen LogP contribution in [0.4, 0.5) is 0 Å². The summed E-state index contributed by atoms with van der Waals surface area (Å²) >= 11 is 0. The van der Waals surface area contributed by atoms with Crippen LogP contribution in [0.2, 0.25) is 0 Å². The van der Waals surface area contributed by atoms with Gasteiger partial charge >= 0.3 is 0 Å². The monoisotopic (exact) mass is 376 g/mol. The van der Waals surface area contributed by atoms with Crippen molar-refractivity contribution >= 4 is 5.91 Å². The lowest BCUT2D eigenvalue weighted by Gasteiger charge is -2.35. The lowest BCUT2D eigenvalue weighted by Crippen LogP contribution is -2.45. The molecule has 4 rings (SSSR count). The Morgan fingerprint density at radius 3 is 2.71 bits per heavy atom. The van der Waals surface area contributed by atoms with E-state index in [1.54, 1.807) is 6.07 Å². The molecule has 1 amide bonds. The molecule has 1 aliphatic rings. The van der Waals surface area contributed by atoms with Crippen molar-refractivity contribution in [1.82, 2.24) is 30.4 Å². The zero-order chi connectivity index (χ0) is 19.3. The van der Waals surface area contributed by atoms with Crippen LogP contribution in [0.25, 0.3) is 5.69 Å². The van der Waals surface area contributed by atoms with Gasteiger partial charge in [-0.05, 0) is 46.5 Å². The number of nitrogens with zero attached hydrogens (tertiary/aromatic N) is 5. The van der Waals surface area contributed by atoms with Gasteiger partial charge in [-0.15, -0.1) is 5.10 Å². The first-order valence-corrected chi connectivity index (χ1v) is 9.67. The Labute approximate surface area is 164 Å². The Morgan fingerprint density at radius 2 is 1.93 bits per heavy atom. The van der Waals surface area contributed by atoms with Crippen molar-refractivity contribution in [3.05, 3.63) is 71.5 Å². The Hall–Kier alpha value is -3.06. The molecule has 2 aromatic carbocycles. The smallest absolute Gasteiger partial charge is 0.253 e. The minimum absolute atomic E-state index is 0.109. The number of tetrazole rings is 1. The van der Waals surface area contributed by atoms with E-state index in [0.717, 1.165) is 25.9 Å². The van der Waals surface area contributed by atoms with Crippen molar-refractivity contribution in [3.63, 3.8) is 0 Å². The fraction of sp³-hybridized carbons (Fsp3) is 0.333. The van der Waals surface area contributed by atoms with Gasteiger partial charge in [0.2, 0.25) is 0 Å². The summed E-state index contributed by atoms with van der Waals surface area (Å²) in [4.78, 5) is 15.3. The van der Waals surface area contributed by atoms with Gasteiger partial charge < -0.3 is 5.32 Å². The predicted molar refractivity (Wildman–Crippen MR) is 106 cm³/mol. The van der Waals surface area contributed by atoms with Gasteiger partial charge in [-0.2, -0.15) is 4.68 Å². The molecule has 7 nitrogen and oxygen atoms in total. The second-order valence-electron chi connectivity index (χ2n) is 7.03. The zero-order valence-corrected chi connectivity index (χ0v) is 16.0. The van der Waals surface area contributed by atoms with Crippen LogP contribution in [-0.4, -0.2) is 50.1 Å². The van der Waals surface area contributed by atoms with Crippen molar-refractivity contribution in [2.45, 2.75) is 32.4 Å². The van der Waals surface area contributed by atoms with E-state index in [0.29, 0.717) is 23.8 Å². The topological polar surface area (TPSA) is 75.9 Å². The maximum Gasteiger partial charge on any atom is 0.253 e. The number of carbonyl (C=O) groups excluding carboxylic acids is 1. The Morgan fingerprint density at radius 1 is 1.14 bits per heavy atom. The highest BCUT2D eigenvalue weighted by atomic mass is 16.1. The highest BCUT2D eigenvalue weighted by Gasteiger charge is 2.23. The molecular formula is C21H24N6O. The normalized spacial score (nSPS) is 15.0. The van der Waals surface area contributed by atoms with Gasteiger partial charge in [-0.1, -0.05) is 43.3 Å². The summed E-state index contributed by atoms with van der Waals surface area (Å²) in [5.41, 5.74) is 4.06. The third-order valence-corrected chi connectivity index (χ3v) is 5.39. The Bertz CT molecular complexity index is 940. The number of hydrogen-bond donors (Lipinski definition) is 1. The lowest BCUT2D eigenvalue weighted by molar-refractivity contribution is 0.0926. The van der Waals surface area contributed by atoms with Gasteiger partial charge in [0.25, 0.3) is 5.91 Å². The summed E-state index contributed by atoms with van der Waals surface area (Å²) in [6, 6.07) is 16.3. The largest absolute Gasteiger partial charge is 0.350 e. The molecule has 144 valence electrons. The second-order valence-corrected chi connectivity index (χ2v) is 7.03. The molecule has 0 aliphatic carbocycles. The van der Waals surface area contributed by atoms with Gasteiger partial charge in [0.05, 0.1) is 11.3 Å². The van der Waals surface area contributed by atoms with Gasteiger partial charge in [0.1, 0.15) is 6.33 Å². The van der Waals surface area contributed by atoms with Crippen LogP contribution in [0.5, 0.6) is 0 Å². The number of carbonyl (C=O) groups is 1. The number of hydrogen-bond acceptors (Lipinski definition) is 5. The second kappa shape index (κ2) is 8.31. The number of amides is 1. The molecule has 28 heavy (non-hydrogen) atoms. The van der Waals surface area contributed by atoms with E-state index in [1.807, 2.05) is 18.2 Å². The molecule has 0 fully saturated rings. The molecule has 3 aromatic rings. The number of nitrogens with one attached hydrogen (secondary N) is 1. The van der Waals surface area contributed by atoms with Gasteiger partial charge in [-0.25, -0.2) is 0 Å². The van der Waals surface area contributed by atoms with Gasteiger partial charge in [0.15, 0.2) is 0 Å². The van der Waals surface area contributed by atoms with E-state index in [9.17, 15) is 4.79 Å². The molecule has 2 heterocycles. The van der Waals surface area contributed by atoms with Gasteiger partial charge in [0, 0.05) is 25.7 Å². The highest BCUT2D eigenvalue weighted by molar-refractivity contribution is 5.97. The lowest BCUT2D eigenvalue weighted by atomic mass is 9.98. The van der Waals surface area contributed by atoms with Crippen molar-refractivity contribution in [2.24, 2.45) is 0 Å². The van der Waals surface area contributed by atoms with E-state index < -0.39 is 0 Å². The first-order chi connectivity index (χ1) is 13.8. The molecule has 0 radical (unpaired) electrons. The minimum atomic E-state index is -0.109. The number of aromatic nitrogens is 4. The molecule has 1 aromatic heterocycles. The van der Waals surface area contributed by atoms with E-state index in [2.05, 4.69) is 56.9 Å². The summed E-state index contributed by atoms with van der Waals surface area (Å²) in [6.07, 6.45) is 3.53. The summed E-state index contributed by atoms with van der Waals surface area (Å²) in [7, 11) is 0. The summed E-state index contributed by atoms with van der Waals surface area (Å²) < 4.78 is 1.51. The fourth-order valence-electron chi connectivity index (χ4n) is 3.80. The van der Waals surface area contributed by atoms with E-state index in [4.69, 9.17) is 0 Å². The van der Waals surface area contributed by atoms with Crippen molar-refractivity contribution in [2.75, 3.05) is 13.1 Å². The summed E-state index contributed by atoms with van der Waals surface area (Å²) in [6.45, 7) is 4.74. The third-order valence-electron chi connectivity index (χ3n) is 5.39. The Kier molecular flexibility index (Phi) is 5.43. The molecule has 0 saturated heterocycles. The van der Waals surface area contributed by atoms with Crippen LogP contribution >= 0.6 is 0 Å². The number of para-hydroxylation sites is 1. The standard InChI is InChI=1S/C21H24N6O/c1-2-18(26-12-11-16-7-3-4-8-17(16)14-26)13-22-21(28)19-9-5-6-10-20(19)27-15-23-24-25-27/h3-10,15,18H,2,11-14H2,1H3,(H,22,28). The van der Waals surface area contributed by atoms with Crippen molar-refractivity contribution < 1.29 is 4.79 Å². The third kappa shape index (κ3) is 3.80. The van der Waals surface area contributed by atoms with E-state index in [1.165, 1.54) is 22.1 Å². The van der Waals surface area contributed by atoms with Crippen LogP contribution < -0.4 is 5.32 Å². The SMILES string of the molecule is CCC(CNC(=O)c1ccccc1-n1cnnn1)N1CCc2ccccc2C1. The maximum atomic E-state index is 12.9. The van der Waals surface area contributed by atoms with Crippen LogP contribution in [0, 0.1) is 0 Å². The quantitative estimate of drug-likeness (QED) is 0.714. The minimum Gasteiger partial charge on any atom is -0.350 e. The molecule has 0 saturated carbocycles. The predicted octanol–water partition coefficient (Wildman–Crippen LogP) is 2.23. The van der Waals surface area contributed by atoms with E-state index >= 15 is 0 Å². The number of benzene rings is 2. The molecular weight excluding hydrogens is 352 g/mol.